The summed E-state index contributed by atoms with van der Waals surface area (Å²) in [6.07, 6.45) is 1.72. The van der Waals surface area contributed by atoms with Crippen LogP contribution in [0.3, 0.4) is 0 Å². The first-order valence-electron chi connectivity index (χ1n) is 8.55. The van der Waals surface area contributed by atoms with Crippen molar-refractivity contribution in [2.75, 3.05) is 0 Å². The molecule has 0 bridgehead atoms. The number of aromatic nitrogens is 3. The summed E-state index contributed by atoms with van der Waals surface area (Å²) >= 11 is 6.14. The number of fused-ring (bicyclic) bond motifs is 1. The first kappa shape index (κ1) is 17.4. The summed E-state index contributed by atoms with van der Waals surface area (Å²) in [6, 6.07) is 16.5. The van der Waals surface area contributed by atoms with Crippen LogP contribution in [0.5, 0.6) is 5.75 Å². The minimum Gasteiger partial charge on any atom is -0.489 e. The predicted octanol–water partition coefficient (Wildman–Crippen LogP) is 4.27. The van der Waals surface area contributed by atoms with Gasteiger partial charge in [0.1, 0.15) is 12.4 Å². The van der Waals surface area contributed by atoms with E-state index < -0.39 is 0 Å². The molecule has 2 heterocycles. The lowest BCUT2D eigenvalue weighted by Gasteiger charge is -2.10. The number of aryl methyl sites for hydroxylation is 2. The molecule has 0 saturated carbocycles. The molecule has 0 spiro atoms. The Morgan fingerprint density at radius 3 is 2.70 bits per heavy atom. The summed E-state index contributed by atoms with van der Waals surface area (Å²) in [5.74, 6) is 0.509. The molecule has 0 fully saturated rings. The van der Waals surface area contributed by atoms with Gasteiger partial charge in [0.2, 0.25) is 0 Å². The molecule has 2 aromatic carbocycles. The SMILES string of the molecule is Cc1c2cc(-n3ccc(OCc4ccccc4Cl)cc3=O)ccc2nn1C. The molecule has 0 aliphatic heterocycles. The molecule has 0 radical (unpaired) electrons. The Hall–Kier alpha value is -3.05. The topological polar surface area (TPSA) is 49.1 Å². The van der Waals surface area contributed by atoms with E-state index in [-0.39, 0.29) is 5.56 Å². The Morgan fingerprint density at radius 2 is 1.93 bits per heavy atom. The van der Waals surface area contributed by atoms with Crippen LogP contribution < -0.4 is 10.3 Å². The third kappa shape index (κ3) is 3.34. The van der Waals surface area contributed by atoms with Crippen molar-refractivity contribution in [3.8, 4) is 11.4 Å². The molecule has 4 rings (SSSR count). The summed E-state index contributed by atoms with van der Waals surface area (Å²) in [7, 11) is 1.91. The van der Waals surface area contributed by atoms with Crippen LogP contribution in [0.2, 0.25) is 5.02 Å². The highest BCUT2D eigenvalue weighted by atomic mass is 35.5. The lowest BCUT2D eigenvalue weighted by Crippen LogP contribution is -2.16. The van der Waals surface area contributed by atoms with Crippen molar-refractivity contribution in [2.24, 2.45) is 7.05 Å². The number of ether oxygens (including phenoxy) is 1. The molecule has 0 atom stereocenters. The standard InChI is InChI=1S/C21H18ClN3O2/c1-14-18-11-16(7-8-20(18)23-24(14)2)25-10-9-17(12-21(25)26)27-13-15-5-3-4-6-19(15)22/h3-12H,13H2,1-2H3. The van der Waals surface area contributed by atoms with Gasteiger partial charge in [0, 0.05) is 46.7 Å². The van der Waals surface area contributed by atoms with Gasteiger partial charge in [0.05, 0.1) is 5.52 Å². The number of hydrogen-bond donors (Lipinski definition) is 0. The van der Waals surface area contributed by atoms with Crippen LogP contribution in [0.25, 0.3) is 16.6 Å². The van der Waals surface area contributed by atoms with Crippen molar-refractivity contribution in [1.82, 2.24) is 14.3 Å². The average molecular weight is 380 g/mol. The number of pyridine rings is 1. The van der Waals surface area contributed by atoms with E-state index in [1.54, 1.807) is 16.8 Å². The molecule has 2 aromatic heterocycles. The average Bonchev–Trinajstić information content (AvgIpc) is 2.95. The fraction of sp³-hybridized carbons (Fsp3) is 0.143. The van der Waals surface area contributed by atoms with Crippen molar-refractivity contribution >= 4 is 22.5 Å². The summed E-state index contributed by atoms with van der Waals surface area (Å²) in [6.45, 7) is 2.32. The molecular formula is C21H18ClN3O2. The Kier molecular flexibility index (Phi) is 4.46. The maximum absolute atomic E-state index is 12.6. The van der Waals surface area contributed by atoms with Gasteiger partial charge >= 0.3 is 0 Å². The quantitative estimate of drug-likeness (QED) is 0.532. The first-order valence-corrected chi connectivity index (χ1v) is 8.93. The second-order valence-corrected chi connectivity index (χ2v) is 6.77. The van der Waals surface area contributed by atoms with Gasteiger partial charge in [-0.25, -0.2) is 0 Å². The fourth-order valence-corrected chi connectivity index (χ4v) is 3.19. The smallest absolute Gasteiger partial charge is 0.258 e. The Labute approximate surface area is 161 Å². The molecule has 4 aromatic rings. The third-order valence-electron chi connectivity index (χ3n) is 4.63. The molecule has 0 amide bonds. The number of benzene rings is 2. The third-order valence-corrected chi connectivity index (χ3v) is 5.00. The molecular weight excluding hydrogens is 362 g/mol. The van der Waals surface area contributed by atoms with Crippen molar-refractivity contribution in [1.29, 1.82) is 0 Å². The van der Waals surface area contributed by atoms with E-state index in [4.69, 9.17) is 16.3 Å². The van der Waals surface area contributed by atoms with Gasteiger partial charge in [-0.2, -0.15) is 5.10 Å². The van der Waals surface area contributed by atoms with E-state index in [0.29, 0.717) is 17.4 Å². The monoisotopic (exact) mass is 379 g/mol. The number of hydrogen-bond acceptors (Lipinski definition) is 3. The molecule has 0 aliphatic carbocycles. The molecule has 0 N–H and O–H groups in total. The maximum atomic E-state index is 12.6. The molecule has 27 heavy (non-hydrogen) atoms. The van der Waals surface area contributed by atoms with Gasteiger partial charge in [-0.15, -0.1) is 0 Å². The normalized spacial score (nSPS) is 11.1. The van der Waals surface area contributed by atoms with Crippen molar-refractivity contribution in [3.05, 3.63) is 87.4 Å². The predicted molar refractivity (Wildman–Crippen MR) is 107 cm³/mol. The zero-order valence-corrected chi connectivity index (χ0v) is 15.8. The highest BCUT2D eigenvalue weighted by molar-refractivity contribution is 6.31. The van der Waals surface area contributed by atoms with E-state index >= 15 is 0 Å². The molecule has 5 nitrogen and oxygen atoms in total. The van der Waals surface area contributed by atoms with Gasteiger partial charge in [-0.3, -0.25) is 14.0 Å². The van der Waals surface area contributed by atoms with E-state index in [0.717, 1.165) is 27.8 Å². The van der Waals surface area contributed by atoms with Crippen molar-refractivity contribution in [2.45, 2.75) is 13.5 Å². The van der Waals surface area contributed by atoms with Gasteiger partial charge in [-0.05, 0) is 37.3 Å². The van der Waals surface area contributed by atoms with Gasteiger partial charge in [-0.1, -0.05) is 29.8 Å². The Morgan fingerprint density at radius 1 is 1.11 bits per heavy atom. The van der Waals surface area contributed by atoms with Crippen molar-refractivity contribution in [3.63, 3.8) is 0 Å². The number of rotatable bonds is 4. The van der Waals surface area contributed by atoms with Gasteiger partial charge in [0.15, 0.2) is 0 Å². The zero-order chi connectivity index (χ0) is 19.0. The van der Waals surface area contributed by atoms with Crippen molar-refractivity contribution < 1.29 is 4.74 Å². The van der Waals surface area contributed by atoms with Crippen LogP contribution in [0.15, 0.2) is 65.6 Å². The van der Waals surface area contributed by atoms with Gasteiger partial charge in [0.25, 0.3) is 5.56 Å². The van der Waals surface area contributed by atoms with E-state index in [1.807, 2.05) is 61.1 Å². The number of halogens is 1. The molecule has 0 saturated heterocycles. The van der Waals surface area contributed by atoms with Gasteiger partial charge < -0.3 is 4.74 Å². The largest absolute Gasteiger partial charge is 0.489 e. The Balaban J connectivity index is 1.61. The van der Waals surface area contributed by atoms with Crippen LogP contribution >= 0.6 is 11.6 Å². The zero-order valence-electron chi connectivity index (χ0n) is 15.0. The maximum Gasteiger partial charge on any atom is 0.258 e. The molecule has 6 heteroatoms. The van der Waals surface area contributed by atoms with E-state index in [9.17, 15) is 4.79 Å². The van der Waals surface area contributed by atoms with Crippen LogP contribution in [0.1, 0.15) is 11.3 Å². The molecule has 136 valence electrons. The summed E-state index contributed by atoms with van der Waals surface area (Å²) < 4.78 is 9.15. The lowest BCUT2D eigenvalue weighted by atomic mass is 10.2. The number of nitrogens with zero attached hydrogens (tertiary/aromatic N) is 3. The second kappa shape index (κ2) is 6.93. The van der Waals surface area contributed by atoms with Crippen LogP contribution in [0, 0.1) is 6.92 Å². The van der Waals surface area contributed by atoms with E-state index in [1.165, 1.54) is 6.07 Å². The lowest BCUT2D eigenvalue weighted by molar-refractivity contribution is 0.305. The van der Waals surface area contributed by atoms with Crippen LogP contribution in [-0.4, -0.2) is 14.3 Å². The molecule has 0 unspecified atom stereocenters. The minimum absolute atomic E-state index is 0.160. The summed E-state index contributed by atoms with van der Waals surface area (Å²) in [5, 5.41) is 6.12. The Bertz CT molecular complexity index is 1190. The second-order valence-electron chi connectivity index (χ2n) is 6.36. The highest BCUT2D eigenvalue weighted by Crippen LogP contribution is 2.21. The van der Waals surface area contributed by atoms with Crippen LogP contribution in [0.4, 0.5) is 0 Å². The summed E-state index contributed by atoms with van der Waals surface area (Å²) in [5.41, 5.74) is 3.47. The van der Waals surface area contributed by atoms with E-state index in [2.05, 4.69) is 5.10 Å². The first-order chi connectivity index (χ1) is 13.0. The molecule has 0 aliphatic rings. The fourth-order valence-electron chi connectivity index (χ4n) is 3.00. The minimum atomic E-state index is -0.160. The van der Waals surface area contributed by atoms with Crippen LogP contribution in [-0.2, 0) is 13.7 Å². The summed E-state index contributed by atoms with van der Waals surface area (Å²) in [4.78, 5) is 12.6. The highest BCUT2D eigenvalue weighted by Gasteiger charge is 2.08.